The predicted octanol–water partition coefficient (Wildman–Crippen LogP) is 3.48. The maximum absolute atomic E-state index is 6.22. The van der Waals surface area contributed by atoms with Gasteiger partial charge in [-0.3, -0.25) is 0 Å². The van der Waals surface area contributed by atoms with Gasteiger partial charge in [0.05, 0.1) is 24.4 Å². The van der Waals surface area contributed by atoms with Crippen LogP contribution in [0.15, 0.2) is 36.4 Å². The number of aryl methyl sites for hydroxylation is 2. The van der Waals surface area contributed by atoms with Crippen LogP contribution in [0.4, 0.5) is 5.82 Å². The number of benzene rings is 1. The van der Waals surface area contributed by atoms with Crippen LogP contribution in [0.1, 0.15) is 29.1 Å². The minimum absolute atomic E-state index is 0.492. The van der Waals surface area contributed by atoms with Gasteiger partial charge in [-0.1, -0.05) is 30.3 Å². The number of nitrogens with zero attached hydrogens (tertiary/aromatic N) is 3. The smallest absolute Gasteiger partial charge is 0.152 e. The Balaban J connectivity index is 1.84. The molecular weight excluding hydrogens is 312 g/mol. The second kappa shape index (κ2) is 6.33. The van der Waals surface area contributed by atoms with Gasteiger partial charge in [-0.05, 0) is 43.0 Å². The lowest BCUT2D eigenvalue weighted by Crippen LogP contribution is -2.07. The van der Waals surface area contributed by atoms with Crippen LogP contribution in [-0.2, 0) is 11.3 Å². The van der Waals surface area contributed by atoms with Crippen molar-refractivity contribution in [3.05, 3.63) is 59.1 Å². The van der Waals surface area contributed by atoms with E-state index in [4.69, 9.17) is 10.5 Å². The number of hydrogen-bond acceptors (Lipinski definition) is 4. The van der Waals surface area contributed by atoms with Gasteiger partial charge in [0.15, 0.2) is 5.82 Å². The Bertz CT molecular complexity index is 971. The van der Waals surface area contributed by atoms with Crippen LogP contribution in [0.5, 0.6) is 0 Å². The van der Waals surface area contributed by atoms with Gasteiger partial charge in [-0.15, -0.1) is 0 Å². The summed E-state index contributed by atoms with van der Waals surface area (Å²) >= 11 is 0. The summed E-state index contributed by atoms with van der Waals surface area (Å²) in [6.45, 7) is 6.30. The second-order valence-electron chi connectivity index (χ2n) is 6.49. The number of hydrogen-bond donors (Lipinski definition) is 1. The molecule has 1 aliphatic heterocycles. The van der Waals surface area contributed by atoms with Gasteiger partial charge >= 0.3 is 0 Å². The zero-order valence-electron chi connectivity index (χ0n) is 14.6. The van der Waals surface area contributed by atoms with Gasteiger partial charge in [-0.2, -0.15) is 0 Å². The molecule has 1 aliphatic rings. The normalized spacial score (nSPS) is 14.7. The second-order valence-corrected chi connectivity index (χ2v) is 6.49. The molecule has 0 atom stereocenters. The minimum atomic E-state index is 0.492. The Morgan fingerprint density at radius 3 is 2.80 bits per heavy atom. The Morgan fingerprint density at radius 2 is 2.04 bits per heavy atom. The number of anilines is 1. The minimum Gasteiger partial charge on any atom is -0.382 e. The lowest BCUT2D eigenvalue weighted by molar-refractivity contribution is 0.161. The Morgan fingerprint density at radius 1 is 1.20 bits per heavy atom. The maximum Gasteiger partial charge on any atom is 0.152 e. The number of nitrogens with two attached hydrogens (primary N) is 1. The summed E-state index contributed by atoms with van der Waals surface area (Å²) in [4.78, 5) is 9.24. The fourth-order valence-corrected chi connectivity index (χ4v) is 3.34. The third kappa shape index (κ3) is 2.91. The van der Waals surface area contributed by atoms with Crippen molar-refractivity contribution in [1.82, 2.24) is 14.5 Å². The SMILES string of the molecule is Cc1ccccc1Cn1c(C)nc2c(N)nc(C3=CCOCC3)cc21. The average molecular weight is 334 g/mol. The van der Waals surface area contributed by atoms with Crippen molar-refractivity contribution in [1.29, 1.82) is 0 Å². The summed E-state index contributed by atoms with van der Waals surface area (Å²) in [7, 11) is 0. The highest BCUT2D eigenvalue weighted by atomic mass is 16.5. The van der Waals surface area contributed by atoms with Gasteiger partial charge < -0.3 is 15.0 Å². The molecule has 3 heterocycles. The molecule has 5 nitrogen and oxygen atoms in total. The molecular formula is C20H22N4O. The van der Waals surface area contributed by atoms with Gasteiger partial charge in [-0.25, -0.2) is 9.97 Å². The van der Waals surface area contributed by atoms with Gasteiger partial charge in [0.25, 0.3) is 0 Å². The van der Waals surface area contributed by atoms with E-state index in [0.717, 1.165) is 42.1 Å². The number of aromatic nitrogens is 3. The van der Waals surface area contributed by atoms with Crippen molar-refractivity contribution >= 4 is 22.4 Å². The van der Waals surface area contributed by atoms with Crippen molar-refractivity contribution < 1.29 is 4.74 Å². The molecule has 0 aliphatic carbocycles. The van der Waals surface area contributed by atoms with Crippen molar-refractivity contribution in [2.24, 2.45) is 0 Å². The third-order valence-corrected chi connectivity index (χ3v) is 4.84. The summed E-state index contributed by atoms with van der Waals surface area (Å²) in [5.41, 5.74) is 12.7. The fraction of sp³-hybridized carbons (Fsp3) is 0.300. The zero-order chi connectivity index (χ0) is 17.4. The van der Waals surface area contributed by atoms with Gasteiger partial charge in [0.2, 0.25) is 0 Å². The Kier molecular flexibility index (Phi) is 4.01. The van der Waals surface area contributed by atoms with E-state index >= 15 is 0 Å². The first kappa shape index (κ1) is 15.8. The number of rotatable bonds is 3. The first-order valence-electron chi connectivity index (χ1n) is 8.58. The Hall–Kier alpha value is -2.66. The molecule has 0 amide bonds. The van der Waals surface area contributed by atoms with Gasteiger partial charge in [0.1, 0.15) is 11.3 Å². The first-order valence-corrected chi connectivity index (χ1v) is 8.58. The number of nitrogen functional groups attached to an aromatic ring is 1. The highest BCUT2D eigenvalue weighted by Crippen LogP contribution is 2.28. The molecule has 128 valence electrons. The van der Waals surface area contributed by atoms with Crippen LogP contribution in [0.2, 0.25) is 0 Å². The Labute approximate surface area is 147 Å². The monoisotopic (exact) mass is 334 g/mol. The summed E-state index contributed by atoms with van der Waals surface area (Å²) in [6, 6.07) is 10.5. The van der Waals surface area contributed by atoms with E-state index in [2.05, 4.69) is 57.9 Å². The highest BCUT2D eigenvalue weighted by molar-refractivity contribution is 5.88. The molecule has 2 aromatic heterocycles. The third-order valence-electron chi connectivity index (χ3n) is 4.84. The maximum atomic E-state index is 6.22. The molecule has 0 unspecified atom stereocenters. The molecule has 5 heteroatoms. The van der Waals surface area contributed by atoms with Gasteiger partial charge in [0, 0.05) is 6.54 Å². The number of fused-ring (bicyclic) bond motifs is 1. The van der Waals surface area contributed by atoms with Crippen LogP contribution in [0.25, 0.3) is 16.6 Å². The van der Waals surface area contributed by atoms with Crippen molar-refractivity contribution in [2.75, 3.05) is 18.9 Å². The van der Waals surface area contributed by atoms with E-state index in [1.165, 1.54) is 16.7 Å². The van der Waals surface area contributed by atoms with E-state index in [0.29, 0.717) is 12.4 Å². The molecule has 1 aromatic carbocycles. The van der Waals surface area contributed by atoms with E-state index in [9.17, 15) is 0 Å². The molecule has 0 fully saturated rings. The van der Waals surface area contributed by atoms with Crippen LogP contribution in [0, 0.1) is 13.8 Å². The molecule has 0 saturated heterocycles. The lowest BCUT2D eigenvalue weighted by Gasteiger charge is -2.14. The summed E-state index contributed by atoms with van der Waals surface area (Å²) < 4.78 is 7.63. The fourth-order valence-electron chi connectivity index (χ4n) is 3.34. The zero-order valence-corrected chi connectivity index (χ0v) is 14.6. The van der Waals surface area contributed by atoms with E-state index < -0.39 is 0 Å². The number of ether oxygens (including phenoxy) is 1. The summed E-state index contributed by atoms with van der Waals surface area (Å²) in [5.74, 6) is 1.44. The van der Waals surface area contributed by atoms with Crippen LogP contribution < -0.4 is 5.73 Å². The molecule has 0 bridgehead atoms. The topological polar surface area (TPSA) is 66.0 Å². The molecule has 0 saturated carbocycles. The summed E-state index contributed by atoms with van der Waals surface area (Å²) in [6.07, 6.45) is 2.95. The molecule has 0 spiro atoms. The molecule has 25 heavy (non-hydrogen) atoms. The van der Waals surface area contributed by atoms with E-state index in [1.54, 1.807) is 0 Å². The largest absolute Gasteiger partial charge is 0.382 e. The number of imidazole rings is 1. The van der Waals surface area contributed by atoms with Crippen LogP contribution in [0.3, 0.4) is 0 Å². The molecule has 3 aromatic rings. The molecule has 2 N–H and O–H groups in total. The summed E-state index contributed by atoms with van der Waals surface area (Å²) in [5, 5.41) is 0. The molecule has 0 radical (unpaired) electrons. The average Bonchev–Trinajstić information content (AvgIpc) is 2.94. The quantitative estimate of drug-likeness (QED) is 0.796. The number of pyridine rings is 1. The van der Waals surface area contributed by atoms with Crippen molar-refractivity contribution in [3.8, 4) is 0 Å². The van der Waals surface area contributed by atoms with Crippen LogP contribution in [-0.4, -0.2) is 27.7 Å². The van der Waals surface area contributed by atoms with Crippen molar-refractivity contribution in [3.63, 3.8) is 0 Å². The standard InChI is InChI=1S/C20H22N4O/c1-13-5-3-4-6-16(13)12-24-14(2)22-19-18(24)11-17(23-20(19)21)15-7-9-25-10-8-15/h3-7,11H,8-10,12H2,1-2H3,(H2,21,23). The van der Waals surface area contributed by atoms with Crippen LogP contribution >= 0.6 is 0 Å². The highest BCUT2D eigenvalue weighted by Gasteiger charge is 2.16. The predicted molar refractivity (Wildman–Crippen MR) is 100 cm³/mol. The van der Waals surface area contributed by atoms with E-state index in [-0.39, 0.29) is 0 Å². The van der Waals surface area contributed by atoms with Crippen molar-refractivity contribution in [2.45, 2.75) is 26.8 Å². The lowest BCUT2D eigenvalue weighted by atomic mass is 10.1. The molecule has 4 rings (SSSR count). The van der Waals surface area contributed by atoms with E-state index in [1.807, 2.05) is 6.92 Å². The first-order chi connectivity index (χ1) is 12.1.